The summed E-state index contributed by atoms with van der Waals surface area (Å²) in [7, 11) is 0. The molecule has 0 spiro atoms. The molecule has 2 aromatic rings. The SMILES string of the molecule is O=C(c1cccc(Br)c1)c1cccc(C(F)(F)F)c1. The maximum absolute atomic E-state index is 12.6. The van der Waals surface area contributed by atoms with Crippen molar-refractivity contribution in [3.05, 3.63) is 69.7 Å². The van der Waals surface area contributed by atoms with E-state index in [9.17, 15) is 18.0 Å². The summed E-state index contributed by atoms with van der Waals surface area (Å²) in [6.07, 6.45) is -4.45. The van der Waals surface area contributed by atoms with Gasteiger partial charge in [0.2, 0.25) is 0 Å². The number of rotatable bonds is 2. The molecule has 98 valence electrons. The van der Waals surface area contributed by atoms with Gasteiger partial charge in [-0.05, 0) is 24.3 Å². The van der Waals surface area contributed by atoms with Crippen molar-refractivity contribution in [3.63, 3.8) is 0 Å². The van der Waals surface area contributed by atoms with E-state index in [0.717, 1.165) is 12.1 Å². The molecule has 0 aliphatic heterocycles. The molecule has 0 bridgehead atoms. The Morgan fingerprint density at radius 2 is 1.53 bits per heavy atom. The Hall–Kier alpha value is -1.62. The molecular formula is C14H8BrF3O. The van der Waals surface area contributed by atoms with Crippen molar-refractivity contribution in [2.75, 3.05) is 0 Å². The lowest BCUT2D eigenvalue weighted by Gasteiger charge is -2.08. The number of carbonyl (C=O) groups is 1. The van der Waals surface area contributed by atoms with Crippen molar-refractivity contribution in [2.45, 2.75) is 6.18 Å². The molecule has 0 fully saturated rings. The number of carbonyl (C=O) groups excluding carboxylic acids is 1. The summed E-state index contributed by atoms with van der Waals surface area (Å²) in [5.41, 5.74) is -0.463. The van der Waals surface area contributed by atoms with Crippen molar-refractivity contribution < 1.29 is 18.0 Å². The Bertz CT molecular complexity index is 620. The van der Waals surface area contributed by atoms with E-state index in [2.05, 4.69) is 15.9 Å². The Labute approximate surface area is 116 Å². The summed E-state index contributed by atoms with van der Waals surface area (Å²) >= 11 is 3.22. The average molecular weight is 329 g/mol. The van der Waals surface area contributed by atoms with Gasteiger partial charge in [0.25, 0.3) is 0 Å². The molecule has 2 rings (SSSR count). The minimum atomic E-state index is -4.45. The molecule has 5 heteroatoms. The Kier molecular flexibility index (Phi) is 3.75. The van der Waals surface area contributed by atoms with Crippen LogP contribution in [0.5, 0.6) is 0 Å². The largest absolute Gasteiger partial charge is 0.416 e. The highest BCUT2D eigenvalue weighted by Crippen LogP contribution is 2.30. The highest BCUT2D eigenvalue weighted by molar-refractivity contribution is 9.10. The van der Waals surface area contributed by atoms with Crippen LogP contribution < -0.4 is 0 Å². The van der Waals surface area contributed by atoms with E-state index in [1.165, 1.54) is 12.1 Å². The van der Waals surface area contributed by atoms with Crippen LogP contribution in [-0.4, -0.2) is 5.78 Å². The average Bonchev–Trinajstić information content (AvgIpc) is 2.37. The van der Waals surface area contributed by atoms with Gasteiger partial charge in [0.1, 0.15) is 0 Å². The Morgan fingerprint density at radius 3 is 2.11 bits per heavy atom. The van der Waals surface area contributed by atoms with E-state index in [1.54, 1.807) is 24.3 Å². The Morgan fingerprint density at radius 1 is 0.947 bits per heavy atom. The summed E-state index contributed by atoms with van der Waals surface area (Å²) in [6, 6.07) is 10.9. The van der Waals surface area contributed by atoms with Crippen LogP contribution in [0.1, 0.15) is 21.5 Å². The van der Waals surface area contributed by atoms with E-state index in [-0.39, 0.29) is 5.56 Å². The maximum atomic E-state index is 12.6. The first-order valence-electron chi connectivity index (χ1n) is 5.35. The van der Waals surface area contributed by atoms with Gasteiger partial charge in [-0.1, -0.05) is 40.2 Å². The molecule has 0 aromatic heterocycles. The van der Waals surface area contributed by atoms with E-state index < -0.39 is 17.5 Å². The molecule has 0 saturated carbocycles. The van der Waals surface area contributed by atoms with E-state index in [0.29, 0.717) is 10.0 Å². The Balaban J connectivity index is 2.40. The third-order valence-electron chi connectivity index (χ3n) is 2.54. The lowest BCUT2D eigenvalue weighted by molar-refractivity contribution is -0.137. The molecule has 1 nitrogen and oxygen atoms in total. The van der Waals surface area contributed by atoms with Crippen LogP contribution >= 0.6 is 15.9 Å². The predicted molar refractivity (Wildman–Crippen MR) is 69.0 cm³/mol. The number of ketones is 1. The fourth-order valence-electron chi connectivity index (χ4n) is 1.63. The smallest absolute Gasteiger partial charge is 0.289 e. The van der Waals surface area contributed by atoms with Crippen LogP contribution in [0, 0.1) is 0 Å². The fraction of sp³-hybridized carbons (Fsp3) is 0.0714. The summed E-state index contributed by atoms with van der Waals surface area (Å²) in [5.74, 6) is -0.438. The molecule has 0 unspecified atom stereocenters. The van der Waals surface area contributed by atoms with Gasteiger partial charge in [-0.15, -0.1) is 0 Å². The molecule has 0 N–H and O–H groups in total. The minimum absolute atomic E-state index is 0.0212. The van der Waals surface area contributed by atoms with E-state index >= 15 is 0 Å². The second-order valence-electron chi connectivity index (χ2n) is 3.92. The first-order valence-corrected chi connectivity index (χ1v) is 6.15. The lowest BCUT2D eigenvalue weighted by Crippen LogP contribution is -2.08. The van der Waals surface area contributed by atoms with Gasteiger partial charge in [0, 0.05) is 15.6 Å². The number of benzene rings is 2. The maximum Gasteiger partial charge on any atom is 0.416 e. The minimum Gasteiger partial charge on any atom is -0.289 e. The standard InChI is InChI=1S/C14H8BrF3O/c15-12-6-2-4-10(8-12)13(19)9-3-1-5-11(7-9)14(16,17)18/h1-8H. The third-order valence-corrected chi connectivity index (χ3v) is 3.03. The zero-order valence-corrected chi connectivity index (χ0v) is 11.1. The zero-order valence-electron chi connectivity index (χ0n) is 9.54. The van der Waals surface area contributed by atoms with Gasteiger partial charge in [-0.25, -0.2) is 0 Å². The van der Waals surface area contributed by atoms with Crippen LogP contribution in [-0.2, 0) is 6.18 Å². The highest BCUT2D eigenvalue weighted by atomic mass is 79.9. The molecule has 0 radical (unpaired) electrons. The lowest BCUT2D eigenvalue weighted by atomic mass is 10.0. The molecule has 0 aliphatic carbocycles. The normalized spacial score (nSPS) is 11.4. The van der Waals surface area contributed by atoms with Gasteiger partial charge in [0.15, 0.2) is 5.78 Å². The summed E-state index contributed by atoms with van der Waals surface area (Å²) in [5, 5.41) is 0. The number of hydrogen-bond donors (Lipinski definition) is 0. The van der Waals surface area contributed by atoms with Crippen LogP contribution in [0.2, 0.25) is 0 Å². The number of halogens is 4. The van der Waals surface area contributed by atoms with E-state index in [4.69, 9.17) is 0 Å². The summed E-state index contributed by atoms with van der Waals surface area (Å²) in [6.45, 7) is 0. The third kappa shape index (κ3) is 3.23. The monoisotopic (exact) mass is 328 g/mol. The molecule has 0 atom stereocenters. The van der Waals surface area contributed by atoms with Crippen LogP contribution in [0.3, 0.4) is 0 Å². The van der Waals surface area contributed by atoms with Gasteiger partial charge in [-0.3, -0.25) is 4.79 Å². The van der Waals surface area contributed by atoms with Gasteiger partial charge >= 0.3 is 6.18 Å². The van der Waals surface area contributed by atoms with Crippen LogP contribution in [0.4, 0.5) is 13.2 Å². The molecule has 0 saturated heterocycles. The quantitative estimate of drug-likeness (QED) is 0.730. The van der Waals surface area contributed by atoms with Crippen LogP contribution in [0.25, 0.3) is 0 Å². The second kappa shape index (κ2) is 5.17. The summed E-state index contributed by atoms with van der Waals surface area (Å²) in [4.78, 5) is 12.1. The molecule has 0 heterocycles. The number of alkyl halides is 3. The zero-order chi connectivity index (χ0) is 14.0. The predicted octanol–water partition coefficient (Wildman–Crippen LogP) is 4.70. The second-order valence-corrected chi connectivity index (χ2v) is 4.83. The fourth-order valence-corrected chi connectivity index (χ4v) is 2.03. The van der Waals surface area contributed by atoms with Gasteiger partial charge < -0.3 is 0 Å². The molecule has 0 amide bonds. The van der Waals surface area contributed by atoms with Crippen molar-refractivity contribution in [2.24, 2.45) is 0 Å². The molecular weight excluding hydrogens is 321 g/mol. The van der Waals surface area contributed by atoms with Crippen LogP contribution in [0.15, 0.2) is 53.0 Å². The van der Waals surface area contributed by atoms with E-state index in [1.807, 2.05) is 0 Å². The number of hydrogen-bond acceptors (Lipinski definition) is 1. The van der Waals surface area contributed by atoms with Crippen molar-refractivity contribution in [1.29, 1.82) is 0 Å². The molecule has 2 aromatic carbocycles. The van der Waals surface area contributed by atoms with Crippen molar-refractivity contribution in [3.8, 4) is 0 Å². The summed E-state index contributed by atoms with van der Waals surface area (Å²) < 4.78 is 38.4. The van der Waals surface area contributed by atoms with Crippen molar-refractivity contribution in [1.82, 2.24) is 0 Å². The van der Waals surface area contributed by atoms with Crippen molar-refractivity contribution >= 4 is 21.7 Å². The molecule has 19 heavy (non-hydrogen) atoms. The topological polar surface area (TPSA) is 17.1 Å². The molecule has 0 aliphatic rings. The van der Waals surface area contributed by atoms with Gasteiger partial charge in [0.05, 0.1) is 5.56 Å². The highest BCUT2D eigenvalue weighted by Gasteiger charge is 2.30. The first kappa shape index (κ1) is 13.8. The first-order chi connectivity index (χ1) is 8.88. The van der Waals surface area contributed by atoms with Gasteiger partial charge in [-0.2, -0.15) is 13.2 Å².